The Morgan fingerprint density at radius 2 is 2.00 bits per heavy atom. The number of aryl methyl sites for hydroxylation is 1. The van der Waals surface area contributed by atoms with Crippen molar-refractivity contribution in [2.45, 2.75) is 38.1 Å². The molecule has 2 aliphatic rings. The molecule has 18 heavy (non-hydrogen) atoms. The molecule has 98 valence electrons. The van der Waals surface area contributed by atoms with Gasteiger partial charge in [0.2, 0.25) is 0 Å². The Hall–Kier alpha value is -1.03. The van der Waals surface area contributed by atoms with Crippen molar-refractivity contribution < 1.29 is 8.42 Å². The molecule has 1 heterocycles. The highest BCUT2D eigenvalue weighted by atomic mass is 32.2. The van der Waals surface area contributed by atoms with Crippen LogP contribution in [0.1, 0.15) is 30.4 Å². The van der Waals surface area contributed by atoms with Crippen LogP contribution in [0.15, 0.2) is 18.2 Å². The summed E-state index contributed by atoms with van der Waals surface area (Å²) in [5, 5.41) is 3.45. The second-order valence-corrected chi connectivity index (χ2v) is 7.62. The van der Waals surface area contributed by atoms with Crippen LogP contribution < -0.4 is 5.32 Å². The second kappa shape index (κ2) is 4.57. The van der Waals surface area contributed by atoms with E-state index >= 15 is 0 Å². The van der Waals surface area contributed by atoms with Crippen LogP contribution in [0, 0.1) is 0 Å². The number of hydrogen-bond donors (Lipinski definition) is 1. The second-order valence-electron chi connectivity index (χ2n) is 5.39. The number of fused-ring (bicyclic) bond motifs is 1. The van der Waals surface area contributed by atoms with Gasteiger partial charge in [-0.2, -0.15) is 0 Å². The molecule has 3 rings (SSSR count). The van der Waals surface area contributed by atoms with Gasteiger partial charge in [0.15, 0.2) is 9.84 Å². The van der Waals surface area contributed by atoms with Crippen LogP contribution >= 0.6 is 0 Å². The maximum atomic E-state index is 11.5. The molecule has 1 fully saturated rings. The predicted molar refractivity (Wildman–Crippen MR) is 73.8 cm³/mol. The number of rotatable bonds is 2. The lowest BCUT2D eigenvalue weighted by atomic mass is 9.90. The minimum atomic E-state index is -2.80. The first-order chi connectivity index (χ1) is 8.64. The minimum absolute atomic E-state index is 0.100. The summed E-state index contributed by atoms with van der Waals surface area (Å²) in [6.45, 7) is 0. The molecule has 0 radical (unpaired) electrons. The van der Waals surface area contributed by atoms with E-state index in [0.717, 1.165) is 24.9 Å². The molecule has 0 amide bonds. The molecule has 0 bridgehead atoms. The van der Waals surface area contributed by atoms with Crippen LogP contribution in [0.4, 0.5) is 5.69 Å². The first-order valence-corrected chi connectivity index (χ1v) is 8.54. The van der Waals surface area contributed by atoms with Crippen LogP contribution in [0.5, 0.6) is 0 Å². The average Bonchev–Trinajstić information content (AvgIpc) is 2.69. The number of hydrogen-bond acceptors (Lipinski definition) is 3. The smallest absolute Gasteiger partial charge is 0.152 e. The Labute approximate surface area is 109 Å². The molecule has 1 aliphatic heterocycles. The highest BCUT2D eigenvalue weighted by Crippen LogP contribution is 2.29. The quantitative estimate of drug-likeness (QED) is 0.891. The Kier molecular flexibility index (Phi) is 3.06. The summed E-state index contributed by atoms with van der Waals surface area (Å²) in [6.07, 6.45) is 5.54. The van der Waals surface area contributed by atoms with Gasteiger partial charge in [-0.1, -0.05) is 12.1 Å². The summed E-state index contributed by atoms with van der Waals surface area (Å²) < 4.78 is 23.0. The first kappa shape index (κ1) is 12.0. The van der Waals surface area contributed by atoms with Gasteiger partial charge in [0.05, 0.1) is 11.5 Å². The van der Waals surface area contributed by atoms with Crippen molar-refractivity contribution in [2.75, 3.05) is 16.8 Å². The molecule has 4 heteroatoms. The van der Waals surface area contributed by atoms with Gasteiger partial charge in [0, 0.05) is 11.7 Å². The molecule has 3 nitrogen and oxygen atoms in total. The molecule has 1 saturated heterocycles. The van der Waals surface area contributed by atoms with Crippen molar-refractivity contribution in [3.8, 4) is 0 Å². The fourth-order valence-corrected chi connectivity index (χ4v) is 4.72. The summed E-state index contributed by atoms with van der Waals surface area (Å²) >= 11 is 0. The zero-order valence-electron chi connectivity index (χ0n) is 10.5. The minimum Gasteiger partial charge on any atom is -0.381 e. The van der Waals surface area contributed by atoms with E-state index in [-0.39, 0.29) is 11.8 Å². The Morgan fingerprint density at radius 3 is 2.78 bits per heavy atom. The largest absolute Gasteiger partial charge is 0.381 e. The molecule has 1 aromatic carbocycles. The normalized spacial score (nSPS) is 25.7. The molecule has 1 atom stereocenters. The molecule has 1 N–H and O–H groups in total. The number of anilines is 1. The lowest BCUT2D eigenvalue weighted by Crippen LogP contribution is -2.22. The van der Waals surface area contributed by atoms with Crippen LogP contribution in [-0.2, 0) is 22.7 Å². The third-order valence-corrected chi connectivity index (χ3v) is 5.76. The summed E-state index contributed by atoms with van der Waals surface area (Å²) in [6, 6.07) is 6.47. The van der Waals surface area contributed by atoms with Crippen LogP contribution in [-0.4, -0.2) is 26.0 Å². The van der Waals surface area contributed by atoms with Gasteiger partial charge in [-0.05, 0) is 49.3 Å². The van der Waals surface area contributed by atoms with E-state index in [9.17, 15) is 8.42 Å². The standard InChI is InChI=1S/C14H19NO2S/c16-18(17)9-8-12(10-18)15-14-7-3-5-11-4-1-2-6-13(11)14/h3,5,7,12,15H,1-2,4,6,8-10H2. The summed E-state index contributed by atoms with van der Waals surface area (Å²) in [5.74, 6) is 0.621. The molecule has 0 spiro atoms. The van der Waals surface area contributed by atoms with Crippen molar-refractivity contribution >= 4 is 15.5 Å². The zero-order valence-corrected chi connectivity index (χ0v) is 11.3. The molecule has 1 aliphatic carbocycles. The van der Waals surface area contributed by atoms with Gasteiger partial charge in [-0.25, -0.2) is 8.42 Å². The molecule has 0 saturated carbocycles. The average molecular weight is 265 g/mol. The van der Waals surface area contributed by atoms with Crippen molar-refractivity contribution in [2.24, 2.45) is 0 Å². The molecule has 0 aromatic heterocycles. The molecular formula is C14H19NO2S. The number of nitrogens with one attached hydrogen (secondary N) is 1. The van der Waals surface area contributed by atoms with Crippen molar-refractivity contribution in [1.82, 2.24) is 0 Å². The predicted octanol–water partition coefficient (Wildman–Crippen LogP) is 2.16. The number of sulfone groups is 1. The van der Waals surface area contributed by atoms with E-state index in [0.29, 0.717) is 5.75 Å². The van der Waals surface area contributed by atoms with Crippen LogP contribution in [0.2, 0.25) is 0 Å². The van der Waals surface area contributed by atoms with Gasteiger partial charge in [0.25, 0.3) is 0 Å². The van der Waals surface area contributed by atoms with E-state index in [1.54, 1.807) is 0 Å². The van der Waals surface area contributed by atoms with Crippen molar-refractivity contribution in [3.05, 3.63) is 29.3 Å². The lowest BCUT2D eigenvalue weighted by Gasteiger charge is -2.22. The summed E-state index contributed by atoms with van der Waals surface area (Å²) in [5.41, 5.74) is 4.01. The van der Waals surface area contributed by atoms with E-state index in [1.165, 1.54) is 24.0 Å². The highest BCUT2D eigenvalue weighted by molar-refractivity contribution is 7.91. The van der Waals surface area contributed by atoms with E-state index in [1.807, 2.05) is 0 Å². The number of benzene rings is 1. The van der Waals surface area contributed by atoms with Gasteiger partial charge in [0.1, 0.15) is 0 Å². The lowest BCUT2D eigenvalue weighted by molar-refractivity contribution is 0.602. The van der Waals surface area contributed by atoms with Gasteiger partial charge >= 0.3 is 0 Å². The van der Waals surface area contributed by atoms with Gasteiger partial charge < -0.3 is 5.32 Å². The fraction of sp³-hybridized carbons (Fsp3) is 0.571. The monoisotopic (exact) mass is 265 g/mol. The summed E-state index contributed by atoms with van der Waals surface area (Å²) in [4.78, 5) is 0. The van der Waals surface area contributed by atoms with Gasteiger partial charge in [-0.3, -0.25) is 0 Å². The van der Waals surface area contributed by atoms with E-state index < -0.39 is 9.84 Å². The molecular weight excluding hydrogens is 246 g/mol. The Balaban J connectivity index is 1.81. The molecule has 1 aromatic rings. The third kappa shape index (κ3) is 2.39. The van der Waals surface area contributed by atoms with Crippen LogP contribution in [0.25, 0.3) is 0 Å². The summed E-state index contributed by atoms with van der Waals surface area (Å²) in [7, 11) is -2.80. The maximum Gasteiger partial charge on any atom is 0.152 e. The van der Waals surface area contributed by atoms with Crippen LogP contribution in [0.3, 0.4) is 0 Å². The fourth-order valence-electron chi connectivity index (χ4n) is 3.05. The Bertz CT molecular complexity index is 551. The maximum absolute atomic E-state index is 11.5. The van der Waals surface area contributed by atoms with E-state index in [2.05, 4.69) is 23.5 Å². The zero-order chi connectivity index (χ0) is 12.6. The topological polar surface area (TPSA) is 46.2 Å². The molecule has 1 unspecified atom stereocenters. The first-order valence-electron chi connectivity index (χ1n) is 6.72. The SMILES string of the molecule is O=S1(=O)CCC(Nc2cccc3c2CCCC3)C1. The Morgan fingerprint density at radius 1 is 1.17 bits per heavy atom. The van der Waals surface area contributed by atoms with Gasteiger partial charge in [-0.15, -0.1) is 0 Å². The highest BCUT2D eigenvalue weighted by Gasteiger charge is 2.28. The third-order valence-electron chi connectivity index (χ3n) is 3.99. The van der Waals surface area contributed by atoms with Crippen molar-refractivity contribution in [1.29, 1.82) is 0 Å². The van der Waals surface area contributed by atoms with Crippen molar-refractivity contribution in [3.63, 3.8) is 0 Å². The van der Waals surface area contributed by atoms with E-state index in [4.69, 9.17) is 0 Å².